The van der Waals surface area contributed by atoms with Gasteiger partial charge in [0.05, 0.1) is 11.9 Å². The minimum absolute atomic E-state index is 0.0858. The molecule has 1 N–H and O–H groups in total. The molecule has 29 heavy (non-hydrogen) atoms. The summed E-state index contributed by atoms with van der Waals surface area (Å²) in [6.07, 6.45) is 6.07. The highest BCUT2D eigenvalue weighted by molar-refractivity contribution is 7.99. The van der Waals surface area contributed by atoms with Crippen LogP contribution >= 0.6 is 11.8 Å². The van der Waals surface area contributed by atoms with Gasteiger partial charge in [-0.1, -0.05) is 42.5 Å². The molecule has 0 spiro atoms. The van der Waals surface area contributed by atoms with Crippen molar-refractivity contribution in [3.05, 3.63) is 79.1 Å². The van der Waals surface area contributed by atoms with E-state index in [4.69, 9.17) is 4.42 Å². The van der Waals surface area contributed by atoms with Gasteiger partial charge in [-0.3, -0.25) is 4.79 Å². The topological polar surface area (TPSA) is 73.0 Å². The van der Waals surface area contributed by atoms with E-state index in [1.807, 2.05) is 72.4 Å². The number of hydrogen-bond acceptors (Lipinski definition) is 5. The van der Waals surface area contributed by atoms with Crippen LogP contribution < -0.4 is 5.32 Å². The molecule has 0 aliphatic heterocycles. The van der Waals surface area contributed by atoms with Crippen LogP contribution in [-0.4, -0.2) is 20.4 Å². The molecule has 6 nitrogen and oxygen atoms in total. The molecule has 0 aliphatic carbocycles. The lowest BCUT2D eigenvalue weighted by molar-refractivity contribution is -0.116. The molecule has 4 rings (SSSR count). The number of carbonyl (C=O) groups excluding carboxylic acids is 1. The van der Waals surface area contributed by atoms with Crippen molar-refractivity contribution < 1.29 is 9.21 Å². The van der Waals surface area contributed by atoms with E-state index in [1.165, 1.54) is 11.8 Å². The standard InChI is InChI=1S/C22H20N4O2S/c1-26-14-13-23-22(26)29-19-10-6-5-9-17(19)25-20(27)11-12-21-24-15-18(28-21)16-7-3-2-4-8-16/h2-10,13-15H,11-12H2,1H3,(H,25,27). The Morgan fingerprint density at radius 1 is 1.10 bits per heavy atom. The van der Waals surface area contributed by atoms with Gasteiger partial charge in [0.2, 0.25) is 5.91 Å². The van der Waals surface area contributed by atoms with E-state index in [-0.39, 0.29) is 12.3 Å². The Morgan fingerprint density at radius 3 is 2.69 bits per heavy atom. The van der Waals surface area contributed by atoms with E-state index in [0.717, 1.165) is 21.3 Å². The first-order valence-corrected chi connectivity index (χ1v) is 10.0. The van der Waals surface area contributed by atoms with Gasteiger partial charge in [-0.05, 0) is 23.9 Å². The Labute approximate surface area is 173 Å². The molecule has 2 aromatic heterocycles. The summed E-state index contributed by atoms with van der Waals surface area (Å²) in [5.74, 6) is 1.17. The quantitative estimate of drug-likeness (QED) is 0.479. The molecule has 4 aromatic rings. The Hall–Kier alpha value is -3.32. The maximum atomic E-state index is 12.5. The van der Waals surface area contributed by atoms with Gasteiger partial charge in [-0.2, -0.15) is 0 Å². The minimum Gasteiger partial charge on any atom is -0.441 e. The van der Waals surface area contributed by atoms with Gasteiger partial charge < -0.3 is 14.3 Å². The Morgan fingerprint density at radius 2 is 1.90 bits per heavy atom. The first-order valence-electron chi connectivity index (χ1n) is 9.23. The average Bonchev–Trinajstić information content (AvgIpc) is 3.38. The number of benzene rings is 2. The van der Waals surface area contributed by atoms with Gasteiger partial charge in [0.25, 0.3) is 0 Å². The zero-order chi connectivity index (χ0) is 20.1. The smallest absolute Gasteiger partial charge is 0.224 e. The molecule has 0 bridgehead atoms. The van der Waals surface area contributed by atoms with E-state index in [0.29, 0.717) is 18.1 Å². The molecule has 2 aromatic carbocycles. The Balaban J connectivity index is 1.37. The third-order valence-corrected chi connectivity index (χ3v) is 5.47. The number of oxazole rings is 1. The number of hydrogen-bond donors (Lipinski definition) is 1. The zero-order valence-corrected chi connectivity index (χ0v) is 16.7. The van der Waals surface area contributed by atoms with Crippen molar-refractivity contribution in [1.29, 1.82) is 0 Å². The van der Waals surface area contributed by atoms with Crippen molar-refractivity contribution in [2.24, 2.45) is 7.05 Å². The highest BCUT2D eigenvalue weighted by Crippen LogP contribution is 2.32. The molecule has 7 heteroatoms. The molecule has 0 saturated heterocycles. The van der Waals surface area contributed by atoms with Crippen LogP contribution in [0.25, 0.3) is 11.3 Å². The van der Waals surface area contributed by atoms with Gasteiger partial charge in [0, 0.05) is 42.7 Å². The van der Waals surface area contributed by atoms with Crippen molar-refractivity contribution in [3.8, 4) is 11.3 Å². The lowest BCUT2D eigenvalue weighted by Gasteiger charge is -2.10. The molecular formula is C22H20N4O2S. The average molecular weight is 404 g/mol. The summed E-state index contributed by atoms with van der Waals surface area (Å²) in [6.45, 7) is 0. The van der Waals surface area contributed by atoms with Crippen LogP contribution in [0.1, 0.15) is 12.3 Å². The van der Waals surface area contributed by atoms with Crippen molar-refractivity contribution in [3.63, 3.8) is 0 Å². The van der Waals surface area contributed by atoms with Gasteiger partial charge >= 0.3 is 0 Å². The summed E-state index contributed by atoms with van der Waals surface area (Å²) in [6, 6.07) is 17.5. The molecule has 2 heterocycles. The molecule has 0 fully saturated rings. The molecule has 0 saturated carbocycles. The van der Waals surface area contributed by atoms with Crippen LogP contribution in [0.15, 0.2) is 87.7 Å². The molecule has 1 amide bonds. The molecule has 0 aliphatic rings. The number of rotatable bonds is 7. The second kappa shape index (κ2) is 8.79. The maximum Gasteiger partial charge on any atom is 0.224 e. The minimum atomic E-state index is -0.0858. The highest BCUT2D eigenvalue weighted by atomic mass is 32.2. The largest absolute Gasteiger partial charge is 0.441 e. The monoisotopic (exact) mass is 404 g/mol. The molecule has 0 radical (unpaired) electrons. The van der Waals surface area contributed by atoms with Gasteiger partial charge in [-0.15, -0.1) is 0 Å². The first-order chi connectivity index (χ1) is 14.2. The second-order valence-electron chi connectivity index (χ2n) is 6.45. The summed E-state index contributed by atoms with van der Waals surface area (Å²) in [7, 11) is 1.94. The summed E-state index contributed by atoms with van der Waals surface area (Å²) < 4.78 is 7.71. The SMILES string of the molecule is Cn1ccnc1Sc1ccccc1NC(=O)CCc1ncc(-c2ccccc2)o1. The highest BCUT2D eigenvalue weighted by Gasteiger charge is 2.12. The summed E-state index contributed by atoms with van der Waals surface area (Å²) in [5, 5.41) is 3.85. The number of amides is 1. The number of nitrogens with zero attached hydrogens (tertiary/aromatic N) is 3. The number of aryl methyl sites for hydroxylation is 2. The van der Waals surface area contributed by atoms with Gasteiger partial charge in [-0.25, -0.2) is 9.97 Å². The first kappa shape index (κ1) is 19.0. The number of nitrogens with one attached hydrogen (secondary N) is 1. The lowest BCUT2D eigenvalue weighted by Crippen LogP contribution is -2.13. The summed E-state index contributed by atoms with van der Waals surface area (Å²) in [4.78, 5) is 22.0. The van der Waals surface area contributed by atoms with E-state index in [2.05, 4.69) is 15.3 Å². The Kier molecular flexibility index (Phi) is 5.76. The van der Waals surface area contributed by atoms with Crippen molar-refractivity contribution >= 4 is 23.4 Å². The lowest BCUT2D eigenvalue weighted by atomic mass is 10.2. The third-order valence-electron chi connectivity index (χ3n) is 4.32. The van der Waals surface area contributed by atoms with Crippen LogP contribution in [0.5, 0.6) is 0 Å². The number of anilines is 1. The third kappa shape index (κ3) is 4.75. The van der Waals surface area contributed by atoms with Crippen LogP contribution in [-0.2, 0) is 18.3 Å². The van der Waals surface area contributed by atoms with Crippen molar-refractivity contribution in [2.45, 2.75) is 22.9 Å². The van der Waals surface area contributed by atoms with Crippen LogP contribution in [0.4, 0.5) is 5.69 Å². The van der Waals surface area contributed by atoms with Gasteiger partial charge in [0.15, 0.2) is 16.8 Å². The number of aromatic nitrogens is 3. The summed E-state index contributed by atoms with van der Waals surface area (Å²) >= 11 is 1.51. The molecule has 0 unspecified atom stereocenters. The maximum absolute atomic E-state index is 12.5. The van der Waals surface area contributed by atoms with E-state index < -0.39 is 0 Å². The van der Waals surface area contributed by atoms with E-state index in [1.54, 1.807) is 12.4 Å². The van der Waals surface area contributed by atoms with Crippen LogP contribution in [0.2, 0.25) is 0 Å². The second-order valence-corrected chi connectivity index (χ2v) is 7.46. The van der Waals surface area contributed by atoms with E-state index >= 15 is 0 Å². The summed E-state index contributed by atoms with van der Waals surface area (Å²) in [5.41, 5.74) is 1.74. The fourth-order valence-corrected chi connectivity index (χ4v) is 3.69. The molecular weight excluding hydrogens is 384 g/mol. The normalized spacial score (nSPS) is 10.8. The van der Waals surface area contributed by atoms with Crippen molar-refractivity contribution in [1.82, 2.24) is 14.5 Å². The van der Waals surface area contributed by atoms with Gasteiger partial charge in [0.1, 0.15) is 0 Å². The van der Waals surface area contributed by atoms with E-state index in [9.17, 15) is 4.79 Å². The fourth-order valence-electron chi connectivity index (χ4n) is 2.80. The van der Waals surface area contributed by atoms with Crippen LogP contribution in [0, 0.1) is 0 Å². The predicted octanol–water partition coefficient (Wildman–Crippen LogP) is 4.80. The van der Waals surface area contributed by atoms with Crippen LogP contribution in [0.3, 0.4) is 0 Å². The van der Waals surface area contributed by atoms with Crippen molar-refractivity contribution in [2.75, 3.05) is 5.32 Å². The number of para-hydroxylation sites is 1. The Bertz CT molecular complexity index is 1100. The number of carbonyl (C=O) groups is 1. The fraction of sp³-hybridized carbons (Fsp3) is 0.136. The number of imidazole rings is 1. The zero-order valence-electron chi connectivity index (χ0n) is 15.9. The molecule has 0 atom stereocenters. The predicted molar refractivity (Wildman–Crippen MR) is 113 cm³/mol. The molecule has 146 valence electrons.